The zero-order valence-electron chi connectivity index (χ0n) is 23.5. The molecule has 2 aliphatic rings. The first-order valence-corrected chi connectivity index (χ1v) is 13.2. The van der Waals surface area contributed by atoms with Gasteiger partial charge in [0.05, 0.1) is 41.6 Å². The molecular weight excluding hydrogens is 526 g/mol. The maximum atomic E-state index is 15.8. The number of fused-ring (bicyclic) bond motifs is 2. The second-order valence-corrected chi connectivity index (χ2v) is 9.88. The van der Waals surface area contributed by atoms with Crippen molar-refractivity contribution in [3.05, 3.63) is 41.5 Å². The lowest BCUT2D eigenvalue weighted by atomic mass is 9.89. The van der Waals surface area contributed by atoms with Gasteiger partial charge in [0.2, 0.25) is 11.7 Å². The van der Waals surface area contributed by atoms with Crippen molar-refractivity contribution in [1.29, 1.82) is 0 Å². The molecular formula is C29H36F2N2O7. The van der Waals surface area contributed by atoms with E-state index in [1.165, 1.54) is 21.3 Å². The fourth-order valence-electron chi connectivity index (χ4n) is 5.62. The molecule has 218 valence electrons. The van der Waals surface area contributed by atoms with Crippen molar-refractivity contribution in [2.45, 2.75) is 50.1 Å². The van der Waals surface area contributed by atoms with Gasteiger partial charge in [0.15, 0.2) is 23.0 Å². The van der Waals surface area contributed by atoms with Crippen LogP contribution in [0.25, 0.3) is 0 Å². The Hall–Kier alpha value is -3.76. The summed E-state index contributed by atoms with van der Waals surface area (Å²) in [5, 5.41) is 0. The predicted octanol–water partition coefficient (Wildman–Crippen LogP) is 4.05. The zero-order chi connectivity index (χ0) is 29.0. The molecule has 2 aromatic carbocycles. The van der Waals surface area contributed by atoms with E-state index in [1.54, 1.807) is 19.1 Å². The number of rotatable bonds is 11. The van der Waals surface area contributed by atoms with E-state index in [1.807, 2.05) is 18.2 Å². The SMILES string of the molecule is COc1ccc(CCCN2CC3CCCC(C2=O)N3C(=O)C(F)(F)c2cc(OC)c(OC)c(OC)c2)cc1OC. The van der Waals surface area contributed by atoms with Gasteiger partial charge >= 0.3 is 5.92 Å². The number of ether oxygens (including phenoxy) is 5. The van der Waals surface area contributed by atoms with E-state index >= 15 is 8.78 Å². The van der Waals surface area contributed by atoms with Crippen molar-refractivity contribution >= 4 is 11.8 Å². The molecule has 40 heavy (non-hydrogen) atoms. The van der Waals surface area contributed by atoms with Crippen LogP contribution in [0.15, 0.2) is 30.3 Å². The number of methoxy groups -OCH3 is 5. The molecule has 4 rings (SSSR count). The number of alkyl halides is 2. The van der Waals surface area contributed by atoms with E-state index in [2.05, 4.69) is 0 Å². The number of piperidine rings is 1. The van der Waals surface area contributed by atoms with Gasteiger partial charge in [-0.2, -0.15) is 8.78 Å². The van der Waals surface area contributed by atoms with Crippen LogP contribution in [0.1, 0.15) is 36.8 Å². The first-order valence-electron chi connectivity index (χ1n) is 13.2. The Morgan fingerprint density at radius 3 is 2.15 bits per heavy atom. The van der Waals surface area contributed by atoms with Gasteiger partial charge in [-0.1, -0.05) is 6.07 Å². The van der Waals surface area contributed by atoms with Crippen LogP contribution in [0.2, 0.25) is 0 Å². The summed E-state index contributed by atoms with van der Waals surface area (Å²) < 4.78 is 57.8. The Kier molecular flexibility index (Phi) is 8.90. The number of hydrogen-bond acceptors (Lipinski definition) is 7. The Labute approximate surface area is 232 Å². The quantitative estimate of drug-likeness (QED) is 0.409. The van der Waals surface area contributed by atoms with E-state index in [0.29, 0.717) is 50.1 Å². The summed E-state index contributed by atoms with van der Waals surface area (Å²) in [6, 6.07) is 6.41. The van der Waals surface area contributed by atoms with Crippen LogP contribution in [0.3, 0.4) is 0 Å². The third-order valence-electron chi connectivity index (χ3n) is 7.64. The molecule has 2 fully saturated rings. The third-order valence-corrected chi connectivity index (χ3v) is 7.64. The van der Waals surface area contributed by atoms with Crippen molar-refractivity contribution in [1.82, 2.24) is 9.80 Å². The topological polar surface area (TPSA) is 86.8 Å². The molecule has 0 radical (unpaired) electrons. The molecule has 0 spiro atoms. The van der Waals surface area contributed by atoms with Gasteiger partial charge in [-0.15, -0.1) is 0 Å². The van der Waals surface area contributed by atoms with Crippen LogP contribution < -0.4 is 23.7 Å². The standard InChI is InChI=1S/C29H36F2N2O7/c1-36-22-12-11-18(14-23(22)37-2)8-7-13-32-17-20-9-6-10-21(27(32)34)33(20)28(35)29(30,31)19-15-24(38-3)26(40-5)25(16-19)39-4/h11-12,14-16,20-21H,6-10,13,17H2,1-5H3. The molecule has 2 heterocycles. The second-order valence-electron chi connectivity index (χ2n) is 9.88. The van der Waals surface area contributed by atoms with Crippen molar-refractivity contribution in [3.63, 3.8) is 0 Å². The summed E-state index contributed by atoms with van der Waals surface area (Å²) in [5.74, 6) is -4.15. The lowest BCUT2D eigenvalue weighted by Crippen LogP contribution is -2.67. The number of hydrogen-bond donors (Lipinski definition) is 0. The lowest BCUT2D eigenvalue weighted by Gasteiger charge is -2.50. The third kappa shape index (κ3) is 5.46. The van der Waals surface area contributed by atoms with Crippen LogP contribution in [0.4, 0.5) is 8.78 Å². The van der Waals surface area contributed by atoms with Crippen LogP contribution in [-0.4, -0.2) is 82.3 Å². The summed E-state index contributed by atoms with van der Waals surface area (Å²) >= 11 is 0. The van der Waals surface area contributed by atoms with E-state index in [4.69, 9.17) is 23.7 Å². The molecule has 2 aromatic rings. The van der Waals surface area contributed by atoms with Gasteiger partial charge in [-0.05, 0) is 61.9 Å². The number of amides is 2. The van der Waals surface area contributed by atoms with Gasteiger partial charge in [0, 0.05) is 18.7 Å². The maximum absolute atomic E-state index is 15.8. The summed E-state index contributed by atoms with van der Waals surface area (Å²) in [5.41, 5.74) is 0.443. The number of halogens is 2. The van der Waals surface area contributed by atoms with Crippen LogP contribution in [0.5, 0.6) is 28.7 Å². The van der Waals surface area contributed by atoms with Crippen LogP contribution in [0, 0.1) is 0 Å². The highest BCUT2D eigenvalue weighted by atomic mass is 19.3. The Morgan fingerprint density at radius 1 is 0.900 bits per heavy atom. The van der Waals surface area contributed by atoms with Gasteiger partial charge < -0.3 is 33.5 Å². The van der Waals surface area contributed by atoms with Crippen molar-refractivity contribution in [2.24, 2.45) is 0 Å². The van der Waals surface area contributed by atoms with Gasteiger partial charge in [0.25, 0.3) is 5.91 Å². The minimum Gasteiger partial charge on any atom is -0.493 e. The van der Waals surface area contributed by atoms with Crippen LogP contribution in [-0.2, 0) is 21.9 Å². The molecule has 0 aromatic heterocycles. The van der Waals surface area contributed by atoms with Crippen molar-refractivity contribution in [2.75, 3.05) is 48.6 Å². The number of nitrogens with zero attached hydrogens (tertiary/aromatic N) is 2. The number of carbonyl (C=O) groups excluding carboxylic acids is 2. The lowest BCUT2D eigenvalue weighted by molar-refractivity contribution is -0.177. The molecule has 2 atom stereocenters. The summed E-state index contributed by atoms with van der Waals surface area (Å²) in [6.07, 6.45) is 2.96. The summed E-state index contributed by atoms with van der Waals surface area (Å²) in [7, 11) is 7.14. The second kappa shape index (κ2) is 12.2. The van der Waals surface area contributed by atoms with Crippen molar-refractivity contribution < 1.29 is 42.1 Å². The molecule has 2 unspecified atom stereocenters. The highest BCUT2D eigenvalue weighted by Crippen LogP contribution is 2.44. The van der Waals surface area contributed by atoms with E-state index in [9.17, 15) is 9.59 Å². The summed E-state index contributed by atoms with van der Waals surface area (Å²) in [4.78, 5) is 29.7. The number of benzene rings is 2. The minimum atomic E-state index is -3.91. The highest BCUT2D eigenvalue weighted by molar-refractivity contribution is 5.93. The normalized spacial score (nSPS) is 18.8. The Balaban J connectivity index is 1.49. The molecule has 0 N–H and O–H groups in total. The zero-order valence-corrected chi connectivity index (χ0v) is 23.5. The van der Waals surface area contributed by atoms with E-state index in [0.717, 1.165) is 22.6 Å². The average molecular weight is 563 g/mol. The largest absolute Gasteiger partial charge is 0.493 e. The van der Waals surface area contributed by atoms with E-state index in [-0.39, 0.29) is 29.7 Å². The van der Waals surface area contributed by atoms with E-state index < -0.39 is 29.5 Å². The summed E-state index contributed by atoms with van der Waals surface area (Å²) in [6.45, 7) is 0.684. The molecule has 11 heteroatoms. The predicted molar refractivity (Wildman–Crippen MR) is 143 cm³/mol. The number of piperazine rings is 1. The number of likely N-dealkylation sites (tertiary alicyclic amines) is 1. The Bertz CT molecular complexity index is 1210. The molecule has 2 aliphatic heterocycles. The molecule has 9 nitrogen and oxygen atoms in total. The smallest absolute Gasteiger partial charge is 0.350 e. The molecule has 0 saturated carbocycles. The molecule has 2 saturated heterocycles. The van der Waals surface area contributed by atoms with Crippen LogP contribution >= 0.6 is 0 Å². The average Bonchev–Trinajstić information content (AvgIpc) is 2.97. The maximum Gasteiger partial charge on any atom is 0.350 e. The number of aryl methyl sites for hydroxylation is 1. The fraction of sp³-hybridized carbons (Fsp3) is 0.517. The first kappa shape index (κ1) is 29.2. The molecule has 2 amide bonds. The number of carbonyl (C=O) groups is 2. The highest BCUT2D eigenvalue weighted by Gasteiger charge is 2.53. The van der Waals surface area contributed by atoms with Gasteiger partial charge in [-0.25, -0.2) is 0 Å². The minimum absolute atomic E-state index is 0.0138. The Morgan fingerprint density at radius 2 is 1.55 bits per heavy atom. The van der Waals surface area contributed by atoms with Crippen molar-refractivity contribution in [3.8, 4) is 28.7 Å². The molecule has 2 bridgehead atoms. The molecule has 0 aliphatic carbocycles. The van der Waals surface area contributed by atoms with Gasteiger partial charge in [-0.3, -0.25) is 9.59 Å². The monoisotopic (exact) mass is 562 g/mol. The fourth-order valence-corrected chi connectivity index (χ4v) is 5.62. The van der Waals surface area contributed by atoms with Gasteiger partial charge in [0.1, 0.15) is 6.04 Å². The first-order chi connectivity index (χ1) is 19.2.